The molecule has 21 heavy (non-hydrogen) atoms. The summed E-state index contributed by atoms with van der Waals surface area (Å²) in [7, 11) is 0. The van der Waals surface area contributed by atoms with Crippen molar-refractivity contribution in [1.82, 2.24) is 0 Å². The zero-order valence-electron chi connectivity index (χ0n) is 11.8. The van der Waals surface area contributed by atoms with Gasteiger partial charge >= 0.3 is 0 Å². The Kier molecular flexibility index (Phi) is 5.10. The van der Waals surface area contributed by atoms with Crippen molar-refractivity contribution in [3.05, 3.63) is 58.1 Å². The molecule has 0 heterocycles. The lowest BCUT2D eigenvalue weighted by atomic mass is 10.2. The number of benzene rings is 2. The molecule has 1 unspecified atom stereocenters. The number of nitrogens with one attached hydrogen (secondary N) is 2. The monoisotopic (exact) mass is 322 g/mol. The van der Waals surface area contributed by atoms with E-state index in [1.54, 1.807) is 25.1 Å². The molecule has 2 aromatic rings. The van der Waals surface area contributed by atoms with Crippen molar-refractivity contribution in [3.63, 3.8) is 0 Å². The van der Waals surface area contributed by atoms with E-state index in [9.17, 15) is 4.79 Å². The number of amides is 1. The van der Waals surface area contributed by atoms with E-state index in [4.69, 9.17) is 23.2 Å². The molecule has 1 atom stereocenters. The first-order chi connectivity index (χ1) is 9.95. The number of anilines is 2. The van der Waals surface area contributed by atoms with Crippen LogP contribution in [0.25, 0.3) is 0 Å². The van der Waals surface area contributed by atoms with Crippen molar-refractivity contribution in [2.45, 2.75) is 19.9 Å². The van der Waals surface area contributed by atoms with Crippen molar-refractivity contribution in [2.75, 3.05) is 10.6 Å². The lowest BCUT2D eigenvalue weighted by Crippen LogP contribution is -2.31. The lowest BCUT2D eigenvalue weighted by molar-refractivity contribution is -0.116. The fourth-order valence-electron chi connectivity index (χ4n) is 1.79. The van der Waals surface area contributed by atoms with Gasteiger partial charge in [-0.25, -0.2) is 0 Å². The summed E-state index contributed by atoms with van der Waals surface area (Å²) in [6.45, 7) is 3.77. The Hall–Kier alpha value is -1.71. The number of rotatable bonds is 4. The van der Waals surface area contributed by atoms with Gasteiger partial charge in [-0.15, -0.1) is 0 Å². The third-order valence-corrected chi connectivity index (χ3v) is 3.56. The zero-order chi connectivity index (χ0) is 15.4. The second kappa shape index (κ2) is 6.83. The summed E-state index contributed by atoms with van der Waals surface area (Å²) in [5.74, 6) is -0.134. The van der Waals surface area contributed by atoms with Gasteiger partial charge in [-0.2, -0.15) is 0 Å². The van der Waals surface area contributed by atoms with E-state index in [0.29, 0.717) is 15.7 Å². The molecule has 2 N–H and O–H groups in total. The highest BCUT2D eigenvalue weighted by molar-refractivity contribution is 6.36. The largest absolute Gasteiger partial charge is 0.373 e. The Bertz CT molecular complexity index is 641. The predicted molar refractivity (Wildman–Crippen MR) is 89.4 cm³/mol. The summed E-state index contributed by atoms with van der Waals surface area (Å²) in [5.41, 5.74) is 2.58. The van der Waals surface area contributed by atoms with E-state index in [2.05, 4.69) is 10.6 Å². The van der Waals surface area contributed by atoms with E-state index in [-0.39, 0.29) is 5.91 Å². The average Bonchev–Trinajstić information content (AvgIpc) is 2.44. The number of hydrogen-bond donors (Lipinski definition) is 2. The summed E-state index contributed by atoms with van der Waals surface area (Å²) in [4.78, 5) is 12.1. The summed E-state index contributed by atoms with van der Waals surface area (Å²) in [5, 5.41) is 6.96. The molecule has 0 aliphatic rings. The van der Waals surface area contributed by atoms with E-state index >= 15 is 0 Å². The van der Waals surface area contributed by atoms with Crippen LogP contribution in [-0.4, -0.2) is 11.9 Å². The molecular weight excluding hydrogens is 307 g/mol. The SMILES string of the molecule is Cc1ccc(NC(=O)C(C)Nc2ccc(Cl)cc2Cl)cc1. The van der Waals surface area contributed by atoms with Gasteiger partial charge in [-0.1, -0.05) is 40.9 Å². The number of halogens is 2. The van der Waals surface area contributed by atoms with Crippen molar-refractivity contribution in [2.24, 2.45) is 0 Å². The summed E-state index contributed by atoms with van der Waals surface area (Å²) >= 11 is 11.9. The maximum Gasteiger partial charge on any atom is 0.246 e. The highest BCUT2D eigenvalue weighted by Crippen LogP contribution is 2.26. The first-order valence-electron chi connectivity index (χ1n) is 6.55. The van der Waals surface area contributed by atoms with Crippen LogP contribution in [0.15, 0.2) is 42.5 Å². The van der Waals surface area contributed by atoms with Gasteiger partial charge in [0.25, 0.3) is 0 Å². The van der Waals surface area contributed by atoms with Crippen molar-refractivity contribution in [1.29, 1.82) is 0 Å². The van der Waals surface area contributed by atoms with Crippen LogP contribution >= 0.6 is 23.2 Å². The lowest BCUT2D eigenvalue weighted by Gasteiger charge is -2.16. The normalized spacial score (nSPS) is 11.8. The van der Waals surface area contributed by atoms with Crippen molar-refractivity contribution < 1.29 is 4.79 Å². The summed E-state index contributed by atoms with van der Waals surface area (Å²) in [6.07, 6.45) is 0. The van der Waals surface area contributed by atoms with Crippen LogP contribution in [0.3, 0.4) is 0 Å². The molecule has 110 valence electrons. The molecule has 0 radical (unpaired) electrons. The molecule has 0 aliphatic heterocycles. The van der Waals surface area contributed by atoms with E-state index in [1.807, 2.05) is 31.2 Å². The molecule has 0 fully saturated rings. The topological polar surface area (TPSA) is 41.1 Å². The van der Waals surface area contributed by atoms with Gasteiger partial charge in [0, 0.05) is 10.7 Å². The Morgan fingerprint density at radius 1 is 1.10 bits per heavy atom. The second-order valence-corrected chi connectivity index (χ2v) is 5.69. The van der Waals surface area contributed by atoms with Crippen LogP contribution in [0.2, 0.25) is 10.0 Å². The van der Waals surface area contributed by atoms with E-state index in [0.717, 1.165) is 11.3 Å². The highest BCUT2D eigenvalue weighted by atomic mass is 35.5. The van der Waals surface area contributed by atoms with Gasteiger partial charge < -0.3 is 10.6 Å². The molecule has 0 spiro atoms. The average molecular weight is 323 g/mol. The van der Waals surface area contributed by atoms with Gasteiger partial charge in [-0.05, 0) is 44.2 Å². The van der Waals surface area contributed by atoms with Crippen LogP contribution in [0, 0.1) is 6.92 Å². The molecule has 2 rings (SSSR count). The maximum atomic E-state index is 12.1. The van der Waals surface area contributed by atoms with Crippen LogP contribution in [-0.2, 0) is 4.79 Å². The van der Waals surface area contributed by atoms with Gasteiger partial charge in [0.2, 0.25) is 5.91 Å². The molecule has 0 saturated carbocycles. The Morgan fingerprint density at radius 3 is 2.38 bits per heavy atom. The molecule has 5 heteroatoms. The van der Waals surface area contributed by atoms with E-state index < -0.39 is 6.04 Å². The molecule has 0 aromatic heterocycles. The highest BCUT2D eigenvalue weighted by Gasteiger charge is 2.14. The van der Waals surface area contributed by atoms with Gasteiger partial charge in [0.15, 0.2) is 0 Å². The fraction of sp³-hybridized carbons (Fsp3) is 0.188. The molecule has 2 aromatic carbocycles. The number of carbonyl (C=O) groups is 1. The van der Waals surface area contributed by atoms with Gasteiger partial charge in [0.05, 0.1) is 10.7 Å². The van der Waals surface area contributed by atoms with Crippen LogP contribution in [0.5, 0.6) is 0 Å². The van der Waals surface area contributed by atoms with Crippen LogP contribution in [0.1, 0.15) is 12.5 Å². The number of hydrogen-bond acceptors (Lipinski definition) is 2. The van der Waals surface area contributed by atoms with Crippen LogP contribution < -0.4 is 10.6 Å². The zero-order valence-corrected chi connectivity index (χ0v) is 13.3. The molecule has 0 bridgehead atoms. The Labute approximate surface area is 134 Å². The molecule has 1 amide bonds. The first kappa shape index (κ1) is 15.7. The third-order valence-electron chi connectivity index (χ3n) is 3.02. The third kappa shape index (κ3) is 4.38. The Morgan fingerprint density at radius 2 is 1.76 bits per heavy atom. The minimum atomic E-state index is -0.426. The predicted octanol–water partition coefficient (Wildman–Crippen LogP) is 4.74. The molecule has 0 aliphatic carbocycles. The van der Waals surface area contributed by atoms with Crippen molar-refractivity contribution in [3.8, 4) is 0 Å². The first-order valence-corrected chi connectivity index (χ1v) is 7.30. The quantitative estimate of drug-likeness (QED) is 0.853. The molecule has 3 nitrogen and oxygen atoms in total. The minimum Gasteiger partial charge on any atom is -0.373 e. The molecular formula is C16H16Cl2N2O. The Balaban J connectivity index is 2.00. The summed E-state index contributed by atoms with van der Waals surface area (Å²) < 4.78 is 0. The van der Waals surface area contributed by atoms with Gasteiger partial charge in [0.1, 0.15) is 6.04 Å². The number of carbonyl (C=O) groups excluding carboxylic acids is 1. The summed E-state index contributed by atoms with van der Waals surface area (Å²) in [6, 6.07) is 12.3. The molecule has 0 saturated heterocycles. The second-order valence-electron chi connectivity index (χ2n) is 4.85. The smallest absolute Gasteiger partial charge is 0.246 e. The maximum absolute atomic E-state index is 12.1. The standard InChI is InChI=1S/C16H16Cl2N2O/c1-10-3-6-13(7-4-10)20-16(21)11(2)19-15-8-5-12(17)9-14(15)18/h3-9,11,19H,1-2H3,(H,20,21). The van der Waals surface area contributed by atoms with E-state index in [1.165, 1.54) is 0 Å². The minimum absolute atomic E-state index is 0.134. The fourth-order valence-corrected chi connectivity index (χ4v) is 2.26. The van der Waals surface area contributed by atoms with Crippen LogP contribution in [0.4, 0.5) is 11.4 Å². The number of aryl methyl sites for hydroxylation is 1. The van der Waals surface area contributed by atoms with Crippen molar-refractivity contribution >= 4 is 40.5 Å². The van der Waals surface area contributed by atoms with Gasteiger partial charge in [-0.3, -0.25) is 4.79 Å².